The molecule has 2 unspecified atom stereocenters. The number of hydrogen-bond donors (Lipinski definition) is 1. The van der Waals surface area contributed by atoms with Gasteiger partial charge < -0.3 is 5.11 Å². The van der Waals surface area contributed by atoms with Gasteiger partial charge in [-0.25, -0.2) is 4.79 Å². The van der Waals surface area contributed by atoms with Gasteiger partial charge in [-0.3, -0.25) is 0 Å². The Morgan fingerprint density at radius 1 is 1.50 bits per heavy atom. The van der Waals surface area contributed by atoms with Crippen molar-refractivity contribution in [1.29, 1.82) is 0 Å². The molecule has 2 bridgehead atoms. The molecule has 2 saturated carbocycles. The Labute approximate surface area is 72.3 Å². The third-order valence-electron chi connectivity index (χ3n) is 3.35. The van der Waals surface area contributed by atoms with Gasteiger partial charge in [0.1, 0.15) is 0 Å². The first-order chi connectivity index (χ1) is 5.68. The molecule has 0 spiro atoms. The molecule has 1 N–H and O–H groups in total. The third-order valence-corrected chi connectivity index (χ3v) is 3.35. The molecule has 0 amide bonds. The summed E-state index contributed by atoms with van der Waals surface area (Å²) < 4.78 is 0. The van der Waals surface area contributed by atoms with E-state index in [-0.39, 0.29) is 0 Å². The molecule has 2 aliphatic rings. The zero-order valence-corrected chi connectivity index (χ0v) is 7.34. The van der Waals surface area contributed by atoms with E-state index >= 15 is 0 Å². The molecule has 0 aromatic carbocycles. The van der Waals surface area contributed by atoms with Crippen molar-refractivity contribution in [3.8, 4) is 0 Å². The fourth-order valence-electron chi connectivity index (χ4n) is 2.65. The standard InChI is InChI=1S/C10H14O2/c1-6(10(11)12)9-5-7-2-3-8(9)4-7/h7-8H,2-5H2,1H3,(H,11,12). The highest BCUT2D eigenvalue weighted by Gasteiger charge is 2.36. The van der Waals surface area contributed by atoms with Crippen LogP contribution >= 0.6 is 0 Å². The normalized spacial score (nSPS) is 37.1. The summed E-state index contributed by atoms with van der Waals surface area (Å²) >= 11 is 0. The summed E-state index contributed by atoms with van der Waals surface area (Å²) in [5, 5.41) is 8.81. The highest BCUT2D eigenvalue weighted by molar-refractivity contribution is 5.87. The summed E-state index contributed by atoms with van der Waals surface area (Å²) in [6.07, 6.45) is 4.86. The molecule has 0 saturated heterocycles. The van der Waals surface area contributed by atoms with E-state index in [1.54, 1.807) is 6.92 Å². The number of rotatable bonds is 1. The molecule has 0 heterocycles. The lowest BCUT2D eigenvalue weighted by Crippen LogP contribution is -2.06. The highest BCUT2D eigenvalue weighted by atomic mass is 16.4. The predicted octanol–water partition coefficient (Wildman–Crippen LogP) is 2.21. The monoisotopic (exact) mass is 166 g/mol. The third kappa shape index (κ3) is 1.06. The first-order valence-electron chi connectivity index (χ1n) is 4.61. The van der Waals surface area contributed by atoms with E-state index in [4.69, 9.17) is 5.11 Å². The molecule has 2 aliphatic carbocycles. The maximum absolute atomic E-state index is 10.7. The molecule has 0 aliphatic heterocycles. The first kappa shape index (κ1) is 7.84. The quantitative estimate of drug-likeness (QED) is 0.606. The van der Waals surface area contributed by atoms with Crippen LogP contribution in [0.5, 0.6) is 0 Å². The van der Waals surface area contributed by atoms with Crippen molar-refractivity contribution in [3.05, 3.63) is 11.1 Å². The van der Waals surface area contributed by atoms with Crippen LogP contribution in [0.25, 0.3) is 0 Å². The van der Waals surface area contributed by atoms with Crippen LogP contribution in [0.2, 0.25) is 0 Å². The van der Waals surface area contributed by atoms with Crippen molar-refractivity contribution in [2.24, 2.45) is 11.8 Å². The summed E-state index contributed by atoms with van der Waals surface area (Å²) in [4.78, 5) is 10.7. The Kier molecular flexibility index (Phi) is 1.71. The lowest BCUT2D eigenvalue weighted by atomic mass is 9.91. The van der Waals surface area contributed by atoms with E-state index in [0.717, 1.165) is 12.3 Å². The number of carboxylic acids is 1. The molecule has 0 radical (unpaired) electrons. The summed E-state index contributed by atoms with van der Waals surface area (Å²) in [5.74, 6) is 0.697. The van der Waals surface area contributed by atoms with Crippen LogP contribution < -0.4 is 0 Å². The smallest absolute Gasteiger partial charge is 0.331 e. The minimum atomic E-state index is -0.724. The van der Waals surface area contributed by atoms with E-state index in [9.17, 15) is 4.79 Å². The summed E-state index contributed by atoms with van der Waals surface area (Å²) in [5.41, 5.74) is 1.85. The van der Waals surface area contributed by atoms with E-state index in [1.807, 2.05) is 0 Å². The Morgan fingerprint density at radius 3 is 2.67 bits per heavy atom. The molecule has 0 aromatic rings. The molecule has 2 nitrogen and oxygen atoms in total. The molecule has 2 heteroatoms. The Bertz CT molecular complexity index is 253. The van der Waals surface area contributed by atoms with Gasteiger partial charge in [-0.2, -0.15) is 0 Å². The zero-order chi connectivity index (χ0) is 8.72. The largest absolute Gasteiger partial charge is 0.478 e. The van der Waals surface area contributed by atoms with Gasteiger partial charge in [0.15, 0.2) is 0 Å². The van der Waals surface area contributed by atoms with Crippen LogP contribution in [0.4, 0.5) is 0 Å². The number of fused-ring (bicyclic) bond motifs is 2. The van der Waals surface area contributed by atoms with E-state index < -0.39 is 5.97 Å². The van der Waals surface area contributed by atoms with Gasteiger partial charge in [0.2, 0.25) is 0 Å². The van der Waals surface area contributed by atoms with Crippen molar-refractivity contribution < 1.29 is 9.90 Å². The van der Waals surface area contributed by atoms with Crippen LogP contribution in [0.15, 0.2) is 11.1 Å². The van der Waals surface area contributed by atoms with Crippen LogP contribution in [-0.2, 0) is 4.79 Å². The summed E-state index contributed by atoms with van der Waals surface area (Å²) in [6, 6.07) is 0. The fourth-order valence-corrected chi connectivity index (χ4v) is 2.65. The van der Waals surface area contributed by atoms with Gasteiger partial charge in [-0.15, -0.1) is 0 Å². The predicted molar refractivity (Wildman–Crippen MR) is 45.8 cm³/mol. The number of aliphatic carboxylic acids is 1. The SMILES string of the molecule is CC(C(=O)O)=C1CC2CCC1C2. The number of allylic oxidation sites excluding steroid dienone is 1. The van der Waals surface area contributed by atoms with E-state index in [2.05, 4.69) is 0 Å². The fraction of sp³-hybridized carbons (Fsp3) is 0.700. The molecule has 66 valence electrons. The van der Waals surface area contributed by atoms with Crippen molar-refractivity contribution in [1.82, 2.24) is 0 Å². The van der Waals surface area contributed by atoms with Gasteiger partial charge in [-0.1, -0.05) is 5.57 Å². The van der Waals surface area contributed by atoms with Crippen LogP contribution in [-0.4, -0.2) is 11.1 Å². The van der Waals surface area contributed by atoms with Crippen LogP contribution in [0, 0.1) is 11.8 Å². The van der Waals surface area contributed by atoms with E-state index in [1.165, 1.54) is 24.8 Å². The highest BCUT2D eigenvalue weighted by Crippen LogP contribution is 2.48. The summed E-state index contributed by atoms with van der Waals surface area (Å²) in [7, 11) is 0. The second kappa shape index (κ2) is 2.61. The average Bonchev–Trinajstić information content (AvgIpc) is 2.62. The van der Waals surface area contributed by atoms with Crippen LogP contribution in [0.1, 0.15) is 32.6 Å². The molecule has 2 fully saturated rings. The Hall–Kier alpha value is -0.790. The number of carbonyl (C=O) groups is 1. The maximum atomic E-state index is 10.7. The zero-order valence-electron chi connectivity index (χ0n) is 7.34. The molecule has 0 aromatic heterocycles. The Balaban J connectivity index is 2.25. The second-order valence-electron chi connectivity index (χ2n) is 4.04. The first-order valence-corrected chi connectivity index (χ1v) is 4.61. The minimum absolute atomic E-state index is 0.613. The second-order valence-corrected chi connectivity index (χ2v) is 4.04. The number of carboxylic acid groups (broad SMARTS) is 1. The summed E-state index contributed by atoms with van der Waals surface area (Å²) in [6.45, 7) is 1.75. The van der Waals surface area contributed by atoms with Crippen molar-refractivity contribution >= 4 is 5.97 Å². The molecule has 2 atom stereocenters. The lowest BCUT2D eigenvalue weighted by molar-refractivity contribution is -0.132. The van der Waals surface area contributed by atoms with Crippen molar-refractivity contribution in [3.63, 3.8) is 0 Å². The Morgan fingerprint density at radius 2 is 2.25 bits per heavy atom. The van der Waals surface area contributed by atoms with Gasteiger partial charge in [0.05, 0.1) is 0 Å². The molecule has 2 rings (SSSR count). The van der Waals surface area contributed by atoms with E-state index in [0.29, 0.717) is 11.5 Å². The lowest BCUT2D eigenvalue weighted by Gasteiger charge is -2.14. The average molecular weight is 166 g/mol. The molecule has 12 heavy (non-hydrogen) atoms. The number of hydrogen-bond acceptors (Lipinski definition) is 1. The van der Waals surface area contributed by atoms with Crippen molar-refractivity contribution in [2.75, 3.05) is 0 Å². The topological polar surface area (TPSA) is 37.3 Å². The molecular formula is C10H14O2. The van der Waals surface area contributed by atoms with Gasteiger partial charge in [0, 0.05) is 5.57 Å². The van der Waals surface area contributed by atoms with Crippen molar-refractivity contribution in [2.45, 2.75) is 32.6 Å². The van der Waals surface area contributed by atoms with Crippen LogP contribution in [0.3, 0.4) is 0 Å². The van der Waals surface area contributed by atoms with Gasteiger partial charge in [0.25, 0.3) is 0 Å². The molecular weight excluding hydrogens is 152 g/mol. The minimum Gasteiger partial charge on any atom is -0.478 e. The van der Waals surface area contributed by atoms with Gasteiger partial charge >= 0.3 is 5.97 Å². The van der Waals surface area contributed by atoms with Gasteiger partial charge in [-0.05, 0) is 44.4 Å². The maximum Gasteiger partial charge on any atom is 0.331 e.